The fourth-order valence-corrected chi connectivity index (χ4v) is 9.82. The molecule has 0 atom stereocenters. The van der Waals surface area contributed by atoms with Crippen molar-refractivity contribution in [2.75, 3.05) is 0 Å². The molecular formula is C45H43F3IrO3P2S. The van der Waals surface area contributed by atoms with Crippen molar-refractivity contribution in [3.8, 4) is 0 Å². The first-order chi connectivity index (χ1) is 26.1. The topological polar surface area (TPSA) is 54.4 Å². The minimum atomic E-state index is -5.84. The Hall–Kier alpha value is -3.47. The fraction of sp³-hybridized carbons (Fsp3) is 0.111. The van der Waals surface area contributed by atoms with E-state index in [2.05, 4.69) is 208 Å². The molecule has 1 aliphatic rings. The summed E-state index contributed by atoms with van der Waals surface area (Å²) in [4.78, 5) is 0. The van der Waals surface area contributed by atoms with Crippen LogP contribution >= 0.6 is 15.8 Å². The van der Waals surface area contributed by atoms with E-state index in [0.717, 1.165) is 0 Å². The van der Waals surface area contributed by atoms with Crippen LogP contribution in [0, 0.1) is 25.7 Å². The molecule has 0 heterocycles. The van der Waals surface area contributed by atoms with Crippen LogP contribution in [0.4, 0.5) is 13.2 Å². The van der Waals surface area contributed by atoms with Crippen LogP contribution in [-0.4, -0.2) is 18.5 Å². The van der Waals surface area contributed by atoms with Gasteiger partial charge in [0.25, 0.3) is 0 Å². The third-order valence-corrected chi connectivity index (χ3v) is 13.2. The van der Waals surface area contributed by atoms with E-state index in [1.807, 2.05) is 0 Å². The molecule has 7 rings (SSSR count). The van der Waals surface area contributed by atoms with Crippen molar-refractivity contribution in [3.05, 3.63) is 208 Å². The largest absolute Gasteiger partial charge is 0.522 e. The van der Waals surface area contributed by atoms with Crippen LogP contribution in [0.3, 0.4) is 0 Å². The standard InChI is InChI=1S/2C18H15P.C8H12.CHF3O3S.Ir/c2*1-4-10-16(11-5-1)19(17-12-6-2-7-13-17)18-14-8-3-9-15-18;1-2-4-6-8-7-5-3-1;2-1(3,4)8(5,6)7;/h2*1-15H;1-2,7-8H,3-6H2;(H,5,6,7);. The molecule has 10 heteroatoms. The number of hydrogen-bond acceptors (Lipinski definition) is 2. The van der Waals surface area contributed by atoms with E-state index in [1.54, 1.807) is 0 Å². The summed E-state index contributed by atoms with van der Waals surface area (Å²) in [6.45, 7) is 0. The second-order valence-corrected chi connectivity index (χ2v) is 17.6. The Balaban J connectivity index is 0.000000212. The average molecular weight is 975 g/mol. The van der Waals surface area contributed by atoms with Crippen LogP contribution in [0.25, 0.3) is 0 Å². The van der Waals surface area contributed by atoms with E-state index in [1.165, 1.54) is 57.5 Å². The number of hydrogen-bond donors (Lipinski definition) is 1. The molecule has 1 aliphatic carbocycles. The predicted molar refractivity (Wildman–Crippen MR) is 224 cm³/mol. The monoisotopic (exact) mass is 975 g/mol. The summed E-state index contributed by atoms with van der Waals surface area (Å²) < 4.78 is 57.5. The number of rotatable bonds is 6. The van der Waals surface area contributed by atoms with Gasteiger partial charge in [0.15, 0.2) is 0 Å². The maximum Gasteiger partial charge on any atom is 0.522 e. The van der Waals surface area contributed by atoms with E-state index in [9.17, 15) is 13.2 Å². The third kappa shape index (κ3) is 16.3. The molecule has 0 saturated heterocycles. The van der Waals surface area contributed by atoms with Crippen molar-refractivity contribution in [1.82, 2.24) is 0 Å². The van der Waals surface area contributed by atoms with E-state index < -0.39 is 31.5 Å². The van der Waals surface area contributed by atoms with Gasteiger partial charge in [-0.1, -0.05) is 182 Å². The summed E-state index contributed by atoms with van der Waals surface area (Å²) in [5.74, 6) is 0. The van der Waals surface area contributed by atoms with E-state index >= 15 is 0 Å². The summed E-state index contributed by atoms with van der Waals surface area (Å²) in [6.07, 6.45) is 14.0. The molecule has 287 valence electrons. The van der Waals surface area contributed by atoms with Crippen LogP contribution < -0.4 is 31.8 Å². The Morgan fingerprint density at radius 3 is 0.655 bits per heavy atom. The smallest absolute Gasteiger partial charge is 0.279 e. The molecule has 0 spiro atoms. The van der Waals surface area contributed by atoms with Gasteiger partial charge < -0.3 is 0 Å². The molecule has 1 saturated carbocycles. The third-order valence-electron chi connectivity index (χ3n) is 7.71. The quantitative estimate of drug-likeness (QED) is 0.103. The summed E-state index contributed by atoms with van der Waals surface area (Å²) in [5.41, 5.74) is -5.53. The zero-order valence-electron chi connectivity index (χ0n) is 30.0. The van der Waals surface area contributed by atoms with Crippen LogP contribution in [0.2, 0.25) is 0 Å². The number of benzene rings is 6. The minimum absolute atomic E-state index is 0. The van der Waals surface area contributed by atoms with Crippen LogP contribution in [-0.2, 0) is 30.2 Å². The predicted octanol–water partition coefficient (Wildman–Crippen LogP) is 9.66. The molecule has 1 N–H and O–H groups in total. The normalized spacial score (nSPS) is 12.8. The van der Waals surface area contributed by atoms with Gasteiger partial charge in [-0.3, -0.25) is 4.55 Å². The molecule has 0 unspecified atom stereocenters. The van der Waals surface area contributed by atoms with Crippen LogP contribution in [0.5, 0.6) is 0 Å². The molecule has 1 fully saturated rings. The van der Waals surface area contributed by atoms with Gasteiger partial charge in [0.1, 0.15) is 0 Å². The first kappa shape index (κ1) is 45.9. The molecule has 0 amide bonds. The Morgan fingerprint density at radius 1 is 0.382 bits per heavy atom. The van der Waals surface area contributed by atoms with Crippen molar-refractivity contribution < 1.29 is 46.2 Å². The molecule has 6 aromatic rings. The molecule has 0 bridgehead atoms. The average Bonchev–Trinajstić information content (AvgIpc) is 3.18. The molecular weight excluding hydrogens is 932 g/mol. The van der Waals surface area contributed by atoms with Gasteiger partial charge in [-0.2, -0.15) is 21.6 Å². The summed E-state index contributed by atoms with van der Waals surface area (Å²) >= 11 is 0. The van der Waals surface area contributed by atoms with Crippen molar-refractivity contribution in [1.29, 1.82) is 0 Å². The molecule has 6 aromatic carbocycles. The first-order valence-corrected chi connectivity index (χ1v) is 21.5. The molecule has 3 nitrogen and oxygen atoms in total. The van der Waals surface area contributed by atoms with Crippen molar-refractivity contribution in [2.24, 2.45) is 0 Å². The van der Waals surface area contributed by atoms with Gasteiger partial charge in [-0.25, -0.2) is 0 Å². The maximum absolute atomic E-state index is 10.7. The maximum atomic E-state index is 10.7. The van der Waals surface area contributed by atoms with Gasteiger partial charge in [0.05, 0.1) is 0 Å². The summed E-state index contributed by atoms with van der Waals surface area (Å²) in [7, 11) is -6.73. The molecule has 55 heavy (non-hydrogen) atoms. The zero-order valence-corrected chi connectivity index (χ0v) is 35.0. The number of halogens is 3. The van der Waals surface area contributed by atoms with Crippen LogP contribution in [0.1, 0.15) is 25.7 Å². The second-order valence-electron chi connectivity index (χ2n) is 11.7. The minimum Gasteiger partial charge on any atom is -0.279 e. The molecule has 5 radical (unpaired) electrons. The SMILES string of the molecule is O=S(=O)(O)C(F)(F)F.[CH]1[CH]CC[CH][CH]CC1.[Ir].c1ccc(P(c2ccccc2)c2ccccc2)cc1.c1ccc(P(c2ccccc2)c2ccccc2)cc1. The van der Waals surface area contributed by atoms with Crippen molar-refractivity contribution in [3.63, 3.8) is 0 Å². The summed E-state index contributed by atoms with van der Waals surface area (Å²) in [5, 5.41) is 8.39. The van der Waals surface area contributed by atoms with E-state index in [0.29, 0.717) is 0 Å². The van der Waals surface area contributed by atoms with Crippen molar-refractivity contribution in [2.45, 2.75) is 31.2 Å². The summed E-state index contributed by atoms with van der Waals surface area (Å²) in [6, 6.07) is 64.7. The van der Waals surface area contributed by atoms with Gasteiger partial charge in [-0.05, 0) is 99.0 Å². The second kappa shape index (κ2) is 24.9. The Bertz CT molecular complexity index is 1650. The first-order valence-electron chi connectivity index (χ1n) is 17.4. The van der Waals surface area contributed by atoms with E-state index in [4.69, 9.17) is 13.0 Å². The van der Waals surface area contributed by atoms with Gasteiger partial charge in [0.2, 0.25) is 0 Å². The van der Waals surface area contributed by atoms with Crippen molar-refractivity contribution >= 4 is 57.8 Å². The Labute approximate surface area is 341 Å². The molecule has 0 aromatic heterocycles. The zero-order chi connectivity index (χ0) is 38.5. The van der Waals surface area contributed by atoms with E-state index in [-0.39, 0.29) is 20.1 Å². The molecule has 0 aliphatic heterocycles. The van der Waals surface area contributed by atoms with Crippen LogP contribution in [0.15, 0.2) is 182 Å². The number of alkyl halides is 3. The van der Waals surface area contributed by atoms with Gasteiger partial charge >= 0.3 is 15.6 Å². The fourth-order valence-electron chi connectivity index (χ4n) is 5.21. The van der Waals surface area contributed by atoms with Gasteiger partial charge in [0, 0.05) is 20.1 Å². The van der Waals surface area contributed by atoms with Gasteiger partial charge in [-0.15, -0.1) is 0 Å². The Kier molecular flexibility index (Phi) is 20.8. The Morgan fingerprint density at radius 2 is 0.527 bits per heavy atom.